The quantitative estimate of drug-likeness (QED) is 0.839. The molecule has 1 heterocycles. The Morgan fingerprint density at radius 2 is 1.82 bits per heavy atom. The molecule has 2 aromatic carbocycles. The van der Waals surface area contributed by atoms with Gasteiger partial charge in [-0.2, -0.15) is 0 Å². The van der Waals surface area contributed by atoms with Gasteiger partial charge in [-0.3, -0.25) is 0 Å². The second-order valence-electron chi connectivity index (χ2n) is 5.49. The first kappa shape index (κ1) is 15.6. The monoisotopic (exact) mass is 339 g/mol. The number of hydrogen-bond acceptors (Lipinski definition) is 2. The van der Waals surface area contributed by atoms with Gasteiger partial charge in [0.05, 0.1) is 10.0 Å². The van der Waals surface area contributed by atoms with Crippen LogP contribution in [0.2, 0.25) is 10.0 Å². The molecule has 22 heavy (non-hydrogen) atoms. The van der Waals surface area contributed by atoms with E-state index in [2.05, 4.69) is 5.32 Å². The van der Waals surface area contributed by atoms with E-state index in [9.17, 15) is 4.39 Å². The highest BCUT2D eigenvalue weighted by molar-refractivity contribution is 6.42. The predicted molar refractivity (Wildman–Crippen MR) is 87.2 cm³/mol. The van der Waals surface area contributed by atoms with E-state index >= 15 is 0 Å². The molecule has 0 amide bonds. The second kappa shape index (κ2) is 6.86. The van der Waals surface area contributed by atoms with Crippen LogP contribution in [0.15, 0.2) is 42.5 Å². The van der Waals surface area contributed by atoms with Crippen LogP contribution in [0.1, 0.15) is 18.1 Å². The van der Waals surface area contributed by atoms with Crippen molar-refractivity contribution in [2.24, 2.45) is 5.92 Å². The Kier molecular flexibility index (Phi) is 4.87. The normalized spacial score (nSPS) is 16.1. The summed E-state index contributed by atoms with van der Waals surface area (Å²) in [4.78, 5) is 0. The molecule has 1 N–H and O–H groups in total. The zero-order chi connectivity index (χ0) is 15.5. The molecule has 0 bridgehead atoms. The summed E-state index contributed by atoms with van der Waals surface area (Å²) in [5.74, 6) is 0.936. The summed E-state index contributed by atoms with van der Waals surface area (Å²) in [7, 11) is 0. The summed E-state index contributed by atoms with van der Waals surface area (Å²) in [5, 5.41) is 4.29. The van der Waals surface area contributed by atoms with Crippen LogP contribution >= 0.6 is 23.2 Å². The molecule has 5 heteroatoms. The van der Waals surface area contributed by atoms with Gasteiger partial charge < -0.3 is 10.1 Å². The Morgan fingerprint density at radius 3 is 2.41 bits per heavy atom. The van der Waals surface area contributed by atoms with Crippen molar-refractivity contribution in [3.8, 4) is 5.75 Å². The first-order valence-electron chi connectivity index (χ1n) is 7.19. The minimum Gasteiger partial charge on any atom is -0.486 e. The van der Waals surface area contributed by atoms with Crippen LogP contribution in [0.25, 0.3) is 0 Å². The number of rotatable bonds is 5. The van der Waals surface area contributed by atoms with Crippen molar-refractivity contribution in [2.45, 2.75) is 12.5 Å². The van der Waals surface area contributed by atoms with Crippen LogP contribution in [-0.2, 0) is 0 Å². The summed E-state index contributed by atoms with van der Waals surface area (Å²) in [6.07, 6.45) is 0.745. The first-order valence-corrected chi connectivity index (χ1v) is 7.95. The maximum atomic E-state index is 13.0. The minimum atomic E-state index is -0.276. The standard InChI is InChI=1S/C17H16Cl2FNO/c18-15-6-1-12(8-16(15)19)17(7-11-9-21-10-11)22-14-4-2-13(20)3-5-14/h1-6,8,11,17,21H,7,9-10H2. The smallest absolute Gasteiger partial charge is 0.124 e. The molecule has 1 aliphatic heterocycles. The predicted octanol–water partition coefficient (Wildman–Crippen LogP) is 4.86. The fourth-order valence-corrected chi connectivity index (χ4v) is 2.77. The van der Waals surface area contributed by atoms with Gasteiger partial charge in [0, 0.05) is 0 Å². The Bertz CT molecular complexity index is 644. The van der Waals surface area contributed by atoms with Gasteiger partial charge in [-0.15, -0.1) is 0 Å². The van der Waals surface area contributed by atoms with E-state index in [4.69, 9.17) is 27.9 Å². The van der Waals surface area contributed by atoms with Gasteiger partial charge in [0.25, 0.3) is 0 Å². The molecular weight excluding hydrogens is 324 g/mol. The molecule has 1 fully saturated rings. The average molecular weight is 340 g/mol. The third-order valence-corrected chi connectivity index (χ3v) is 4.56. The molecule has 1 saturated heterocycles. The molecule has 0 aromatic heterocycles. The van der Waals surface area contributed by atoms with Gasteiger partial charge in [-0.1, -0.05) is 29.3 Å². The molecule has 1 atom stereocenters. The van der Waals surface area contributed by atoms with Crippen molar-refractivity contribution in [3.63, 3.8) is 0 Å². The lowest BCUT2D eigenvalue weighted by atomic mass is 9.92. The molecule has 1 unspecified atom stereocenters. The van der Waals surface area contributed by atoms with E-state index in [0.29, 0.717) is 21.7 Å². The third-order valence-electron chi connectivity index (χ3n) is 3.82. The lowest BCUT2D eigenvalue weighted by Gasteiger charge is -2.31. The van der Waals surface area contributed by atoms with E-state index in [1.807, 2.05) is 12.1 Å². The van der Waals surface area contributed by atoms with Crippen molar-refractivity contribution in [1.29, 1.82) is 0 Å². The summed E-state index contributed by atoms with van der Waals surface area (Å²) in [6.45, 7) is 1.98. The van der Waals surface area contributed by atoms with Crippen LogP contribution in [0.3, 0.4) is 0 Å². The highest BCUT2D eigenvalue weighted by Gasteiger charge is 2.24. The van der Waals surface area contributed by atoms with E-state index in [-0.39, 0.29) is 11.9 Å². The molecule has 3 rings (SSSR count). The van der Waals surface area contributed by atoms with Crippen molar-refractivity contribution < 1.29 is 9.13 Å². The highest BCUT2D eigenvalue weighted by Crippen LogP contribution is 2.32. The molecule has 1 aliphatic rings. The van der Waals surface area contributed by atoms with E-state index < -0.39 is 0 Å². The molecule has 2 aromatic rings. The maximum absolute atomic E-state index is 13.0. The van der Waals surface area contributed by atoms with E-state index in [1.54, 1.807) is 18.2 Å². The zero-order valence-corrected chi connectivity index (χ0v) is 13.4. The summed E-state index contributed by atoms with van der Waals surface area (Å²) < 4.78 is 19.1. The lowest BCUT2D eigenvalue weighted by molar-refractivity contribution is 0.149. The minimum absolute atomic E-state index is 0.132. The van der Waals surface area contributed by atoms with Crippen molar-refractivity contribution in [3.05, 3.63) is 63.9 Å². The highest BCUT2D eigenvalue weighted by atomic mass is 35.5. The number of halogens is 3. The lowest BCUT2D eigenvalue weighted by Crippen LogP contribution is -2.43. The fraction of sp³-hybridized carbons (Fsp3) is 0.294. The van der Waals surface area contributed by atoms with Gasteiger partial charge in [-0.05, 0) is 67.4 Å². The molecule has 2 nitrogen and oxygen atoms in total. The Labute approximate surface area is 139 Å². The first-order chi connectivity index (χ1) is 10.6. The van der Waals surface area contributed by atoms with Crippen LogP contribution in [0.4, 0.5) is 4.39 Å². The molecule has 0 aliphatic carbocycles. The average Bonchev–Trinajstić information content (AvgIpc) is 2.46. The van der Waals surface area contributed by atoms with Gasteiger partial charge in [0.1, 0.15) is 17.7 Å². The number of nitrogens with one attached hydrogen (secondary N) is 1. The second-order valence-corrected chi connectivity index (χ2v) is 6.31. The van der Waals surface area contributed by atoms with Gasteiger partial charge in [-0.25, -0.2) is 4.39 Å². The van der Waals surface area contributed by atoms with Gasteiger partial charge in [0.15, 0.2) is 0 Å². The fourth-order valence-electron chi connectivity index (χ4n) is 2.46. The number of benzene rings is 2. The molecule has 116 valence electrons. The van der Waals surface area contributed by atoms with Gasteiger partial charge >= 0.3 is 0 Å². The zero-order valence-electron chi connectivity index (χ0n) is 11.9. The van der Waals surface area contributed by atoms with Crippen molar-refractivity contribution in [2.75, 3.05) is 13.1 Å². The Morgan fingerprint density at radius 1 is 1.09 bits per heavy atom. The summed E-state index contributed by atoms with van der Waals surface area (Å²) >= 11 is 12.1. The largest absolute Gasteiger partial charge is 0.486 e. The Balaban J connectivity index is 1.81. The number of hydrogen-bond donors (Lipinski definition) is 1. The van der Waals surface area contributed by atoms with Crippen LogP contribution in [0, 0.1) is 11.7 Å². The van der Waals surface area contributed by atoms with Gasteiger partial charge in [0.2, 0.25) is 0 Å². The molecule has 0 radical (unpaired) electrons. The molecule has 0 saturated carbocycles. The van der Waals surface area contributed by atoms with E-state index in [0.717, 1.165) is 25.1 Å². The third kappa shape index (κ3) is 3.72. The van der Waals surface area contributed by atoms with E-state index in [1.165, 1.54) is 12.1 Å². The van der Waals surface area contributed by atoms with Crippen LogP contribution < -0.4 is 10.1 Å². The Hall–Kier alpha value is -1.29. The topological polar surface area (TPSA) is 21.3 Å². The molecule has 0 spiro atoms. The van der Waals surface area contributed by atoms with Crippen LogP contribution in [-0.4, -0.2) is 13.1 Å². The van der Waals surface area contributed by atoms with Crippen molar-refractivity contribution in [1.82, 2.24) is 5.32 Å². The summed E-state index contributed by atoms with van der Waals surface area (Å²) in [6, 6.07) is 11.6. The SMILES string of the molecule is Fc1ccc(OC(CC2CNC2)c2ccc(Cl)c(Cl)c2)cc1. The molecular formula is C17H16Cl2FNO. The summed E-state index contributed by atoms with van der Waals surface area (Å²) in [5.41, 5.74) is 0.977. The maximum Gasteiger partial charge on any atom is 0.124 e. The van der Waals surface area contributed by atoms with Crippen LogP contribution in [0.5, 0.6) is 5.75 Å². The number of ether oxygens (including phenoxy) is 1. The van der Waals surface area contributed by atoms with Crippen molar-refractivity contribution >= 4 is 23.2 Å².